The summed E-state index contributed by atoms with van der Waals surface area (Å²) in [6.07, 6.45) is 4.01. The average Bonchev–Trinajstić information content (AvgIpc) is 2.47. The number of alkyl halides is 1. The highest BCUT2D eigenvalue weighted by molar-refractivity contribution is 9.10. The van der Waals surface area contributed by atoms with Crippen molar-refractivity contribution >= 4 is 37.8 Å². The lowest BCUT2D eigenvalue weighted by Crippen LogP contribution is -2.37. The Morgan fingerprint density at radius 1 is 1.25 bits per heavy atom. The van der Waals surface area contributed by atoms with Gasteiger partial charge in [-0.25, -0.2) is 0 Å². The molecule has 1 aromatic carbocycles. The summed E-state index contributed by atoms with van der Waals surface area (Å²) in [7, 11) is 0. The third-order valence-corrected chi connectivity index (χ3v) is 4.03. The van der Waals surface area contributed by atoms with Gasteiger partial charge >= 0.3 is 0 Å². The van der Waals surface area contributed by atoms with E-state index in [9.17, 15) is 4.79 Å². The topological polar surface area (TPSA) is 42.0 Å². The van der Waals surface area contributed by atoms with Gasteiger partial charge < -0.3 is 5.32 Å². The van der Waals surface area contributed by atoms with Crippen LogP contribution in [0.4, 0.5) is 0 Å². The summed E-state index contributed by atoms with van der Waals surface area (Å²) in [6.45, 7) is 0. The zero-order chi connectivity index (χ0) is 14.4. The molecule has 1 heterocycles. The summed E-state index contributed by atoms with van der Waals surface area (Å²) in [4.78, 5) is 16.2. The van der Waals surface area contributed by atoms with Crippen LogP contribution < -0.4 is 5.32 Å². The fourth-order valence-electron chi connectivity index (χ4n) is 1.85. The van der Waals surface area contributed by atoms with Gasteiger partial charge in [0.1, 0.15) is 0 Å². The second kappa shape index (κ2) is 7.55. The van der Waals surface area contributed by atoms with Crippen LogP contribution in [-0.2, 0) is 6.42 Å². The minimum absolute atomic E-state index is 0.0453. The molecule has 0 saturated heterocycles. The maximum Gasteiger partial charge on any atom is 0.253 e. The molecule has 0 bridgehead atoms. The number of hydrogen-bond donors (Lipinski definition) is 1. The molecule has 0 spiro atoms. The van der Waals surface area contributed by atoms with Crippen molar-refractivity contribution in [3.05, 3.63) is 64.4 Å². The van der Waals surface area contributed by atoms with Gasteiger partial charge in [-0.2, -0.15) is 0 Å². The van der Waals surface area contributed by atoms with Crippen molar-refractivity contribution in [2.75, 3.05) is 5.33 Å². The summed E-state index contributed by atoms with van der Waals surface area (Å²) in [5.41, 5.74) is 1.75. The molecule has 5 heteroatoms. The Bertz CT molecular complexity index is 575. The van der Waals surface area contributed by atoms with Gasteiger partial charge in [-0.15, -0.1) is 0 Å². The molecule has 1 aromatic heterocycles. The van der Waals surface area contributed by atoms with Crippen LogP contribution >= 0.6 is 31.9 Å². The number of amides is 1. The maximum absolute atomic E-state index is 12.2. The monoisotopic (exact) mass is 396 g/mol. The number of nitrogens with zero attached hydrogens (tertiary/aromatic N) is 1. The quantitative estimate of drug-likeness (QED) is 0.783. The van der Waals surface area contributed by atoms with Gasteiger partial charge in [0.25, 0.3) is 5.91 Å². The first kappa shape index (κ1) is 15.2. The van der Waals surface area contributed by atoms with Crippen molar-refractivity contribution in [3.63, 3.8) is 0 Å². The van der Waals surface area contributed by atoms with Crippen molar-refractivity contribution in [3.8, 4) is 0 Å². The summed E-state index contributed by atoms with van der Waals surface area (Å²) in [6, 6.07) is 11.9. The Labute approximate surface area is 135 Å². The number of rotatable bonds is 5. The van der Waals surface area contributed by atoms with Crippen molar-refractivity contribution in [2.24, 2.45) is 0 Å². The third-order valence-electron chi connectivity index (χ3n) is 2.81. The molecule has 0 radical (unpaired) electrons. The second-order valence-electron chi connectivity index (χ2n) is 4.41. The van der Waals surface area contributed by atoms with E-state index in [-0.39, 0.29) is 11.9 Å². The van der Waals surface area contributed by atoms with E-state index in [0.717, 1.165) is 10.9 Å². The number of carbonyl (C=O) groups is 1. The SMILES string of the molecule is O=C(NC(CBr)Cc1ccccc1)c1cncc(Br)c1. The van der Waals surface area contributed by atoms with Gasteiger partial charge in [0.2, 0.25) is 0 Å². The Morgan fingerprint density at radius 2 is 2.00 bits per heavy atom. The normalized spacial score (nSPS) is 11.9. The number of nitrogens with one attached hydrogen (secondary N) is 1. The number of pyridine rings is 1. The summed E-state index contributed by atoms with van der Waals surface area (Å²) < 4.78 is 0.795. The fourth-order valence-corrected chi connectivity index (χ4v) is 2.60. The number of hydrogen-bond acceptors (Lipinski definition) is 2. The first-order valence-corrected chi connectivity index (χ1v) is 8.12. The van der Waals surface area contributed by atoms with Crippen molar-refractivity contribution in [1.29, 1.82) is 0 Å². The van der Waals surface area contributed by atoms with E-state index in [1.165, 1.54) is 5.56 Å². The average molecular weight is 398 g/mol. The Balaban J connectivity index is 2.01. The first-order chi connectivity index (χ1) is 9.69. The number of aromatic nitrogens is 1. The Hall–Kier alpha value is -1.20. The zero-order valence-electron chi connectivity index (χ0n) is 10.7. The molecule has 3 nitrogen and oxygen atoms in total. The van der Waals surface area contributed by atoms with Gasteiger partial charge in [0, 0.05) is 28.2 Å². The number of halogens is 2. The molecule has 1 atom stereocenters. The van der Waals surface area contributed by atoms with Crippen LogP contribution in [0.5, 0.6) is 0 Å². The van der Waals surface area contributed by atoms with Gasteiger partial charge in [0.15, 0.2) is 0 Å². The highest BCUT2D eigenvalue weighted by atomic mass is 79.9. The molecule has 0 fully saturated rings. The number of carbonyl (C=O) groups excluding carboxylic acids is 1. The van der Waals surface area contributed by atoms with E-state index in [2.05, 4.69) is 54.3 Å². The lowest BCUT2D eigenvalue weighted by Gasteiger charge is -2.16. The smallest absolute Gasteiger partial charge is 0.253 e. The third kappa shape index (κ3) is 4.42. The van der Waals surface area contributed by atoms with E-state index in [1.807, 2.05) is 18.2 Å². The van der Waals surface area contributed by atoms with Gasteiger partial charge in [-0.1, -0.05) is 46.3 Å². The standard InChI is InChI=1S/C15H14Br2N2O/c16-8-14(6-11-4-2-1-3-5-11)19-15(20)12-7-13(17)10-18-9-12/h1-5,7,9-10,14H,6,8H2,(H,19,20). The Morgan fingerprint density at radius 3 is 2.65 bits per heavy atom. The predicted octanol–water partition coefficient (Wildman–Crippen LogP) is 3.58. The predicted molar refractivity (Wildman–Crippen MR) is 87.1 cm³/mol. The molecule has 104 valence electrons. The largest absolute Gasteiger partial charge is 0.348 e. The lowest BCUT2D eigenvalue weighted by molar-refractivity contribution is 0.0940. The Kier molecular flexibility index (Phi) is 5.73. The summed E-state index contributed by atoms with van der Waals surface area (Å²) >= 11 is 6.77. The van der Waals surface area contributed by atoms with E-state index < -0.39 is 0 Å². The molecular weight excluding hydrogens is 384 g/mol. The minimum atomic E-state index is -0.112. The minimum Gasteiger partial charge on any atom is -0.348 e. The molecular formula is C15H14Br2N2O. The van der Waals surface area contributed by atoms with Crippen LogP contribution in [0.2, 0.25) is 0 Å². The van der Waals surface area contributed by atoms with Crippen LogP contribution in [0.15, 0.2) is 53.3 Å². The molecule has 2 aromatic rings. The van der Waals surface area contributed by atoms with E-state index in [0.29, 0.717) is 10.9 Å². The molecule has 20 heavy (non-hydrogen) atoms. The van der Waals surface area contributed by atoms with Crippen molar-refractivity contribution in [1.82, 2.24) is 10.3 Å². The van der Waals surface area contributed by atoms with Crippen LogP contribution in [-0.4, -0.2) is 22.3 Å². The van der Waals surface area contributed by atoms with E-state index >= 15 is 0 Å². The van der Waals surface area contributed by atoms with Crippen molar-refractivity contribution in [2.45, 2.75) is 12.5 Å². The van der Waals surface area contributed by atoms with Crippen molar-refractivity contribution < 1.29 is 4.79 Å². The molecule has 1 amide bonds. The summed E-state index contributed by atoms with van der Waals surface area (Å²) in [5, 5.41) is 3.72. The van der Waals surface area contributed by atoms with Crippen LogP contribution in [0, 0.1) is 0 Å². The fraction of sp³-hybridized carbons (Fsp3) is 0.200. The second-order valence-corrected chi connectivity index (χ2v) is 5.97. The zero-order valence-corrected chi connectivity index (χ0v) is 13.9. The first-order valence-electron chi connectivity index (χ1n) is 6.20. The van der Waals surface area contributed by atoms with Crippen LogP contribution in [0.1, 0.15) is 15.9 Å². The highest BCUT2D eigenvalue weighted by Gasteiger charge is 2.13. The molecule has 1 unspecified atom stereocenters. The summed E-state index contributed by atoms with van der Waals surface area (Å²) in [5.74, 6) is -0.112. The van der Waals surface area contributed by atoms with Crippen LogP contribution in [0.25, 0.3) is 0 Å². The van der Waals surface area contributed by atoms with Crippen LogP contribution in [0.3, 0.4) is 0 Å². The molecule has 2 rings (SSSR count). The highest BCUT2D eigenvalue weighted by Crippen LogP contribution is 2.11. The molecule has 0 aliphatic carbocycles. The molecule has 1 N–H and O–H groups in total. The maximum atomic E-state index is 12.2. The van der Waals surface area contributed by atoms with Gasteiger partial charge in [-0.05, 0) is 34.0 Å². The number of benzene rings is 1. The molecule has 0 aliphatic rings. The van der Waals surface area contributed by atoms with Gasteiger partial charge in [-0.3, -0.25) is 9.78 Å². The van der Waals surface area contributed by atoms with E-state index in [1.54, 1.807) is 18.5 Å². The van der Waals surface area contributed by atoms with E-state index in [4.69, 9.17) is 0 Å². The van der Waals surface area contributed by atoms with Gasteiger partial charge in [0.05, 0.1) is 5.56 Å². The molecule has 0 aliphatic heterocycles. The molecule has 0 saturated carbocycles. The lowest BCUT2D eigenvalue weighted by atomic mass is 10.1.